The van der Waals surface area contributed by atoms with Gasteiger partial charge in [-0.2, -0.15) is 0 Å². The van der Waals surface area contributed by atoms with Crippen LogP contribution in [0.3, 0.4) is 0 Å². The van der Waals surface area contributed by atoms with Crippen LogP contribution in [0.2, 0.25) is 0 Å². The van der Waals surface area contributed by atoms with E-state index in [1.165, 1.54) is 7.11 Å². The number of phenols is 1. The molecule has 0 unspecified atom stereocenters. The summed E-state index contributed by atoms with van der Waals surface area (Å²) in [6.45, 7) is 0. The number of methoxy groups -OCH3 is 3. The van der Waals surface area contributed by atoms with Crippen molar-refractivity contribution in [1.29, 1.82) is 0 Å². The van der Waals surface area contributed by atoms with Crippen molar-refractivity contribution in [2.24, 2.45) is 0 Å². The third-order valence-corrected chi connectivity index (χ3v) is 4.04. The fourth-order valence-corrected chi connectivity index (χ4v) is 2.58. The predicted octanol–water partition coefficient (Wildman–Crippen LogP) is 4.75. The molecule has 1 heterocycles. The first-order valence-corrected chi connectivity index (χ1v) is 8.55. The minimum Gasteiger partial charge on any atom is -0.504 e. The minimum absolute atomic E-state index is 0.101. The second-order valence-electron chi connectivity index (χ2n) is 5.87. The third-order valence-electron chi connectivity index (χ3n) is 4.04. The lowest BCUT2D eigenvalue weighted by Gasteiger charge is -2.07. The zero-order valence-corrected chi connectivity index (χ0v) is 15.9. The van der Waals surface area contributed by atoms with Gasteiger partial charge in [-0.3, -0.25) is 0 Å². The quantitative estimate of drug-likeness (QED) is 0.639. The second-order valence-corrected chi connectivity index (χ2v) is 5.87. The maximum Gasteiger partial charge on any atom is 0.161 e. The highest BCUT2D eigenvalue weighted by Gasteiger charge is 2.04. The van der Waals surface area contributed by atoms with Crippen LogP contribution >= 0.6 is 0 Å². The largest absolute Gasteiger partial charge is 0.504 e. The van der Waals surface area contributed by atoms with Crippen molar-refractivity contribution in [1.82, 2.24) is 5.16 Å². The molecule has 0 amide bonds. The molecule has 0 bridgehead atoms. The summed E-state index contributed by atoms with van der Waals surface area (Å²) in [5, 5.41) is 13.7. The molecule has 3 aromatic rings. The maximum absolute atomic E-state index is 9.64. The average molecular weight is 379 g/mol. The standard InChI is InChI=1S/C22H21NO5/c1-25-20-11-7-16(13-22(20)27-3)5-9-18-14-17(23-28-18)8-4-15-6-10-19(24)21(12-15)26-2/h4-14,24H,1-3H3/b8-4+,9-5+. The van der Waals surface area contributed by atoms with Gasteiger partial charge in [-0.05, 0) is 47.5 Å². The molecule has 6 heteroatoms. The fourth-order valence-electron chi connectivity index (χ4n) is 2.58. The van der Waals surface area contributed by atoms with E-state index in [1.807, 2.05) is 48.6 Å². The van der Waals surface area contributed by atoms with Crippen LogP contribution < -0.4 is 14.2 Å². The zero-order valence-electron chi connectivity index (χ0n) is 15.9. The van der Waals surface area contributed by atoms with Gasteiger partial charge in [0.2, 0.25) is 0 Å². The van der Waals surface area contributed by atoms with Crippen LogP contribution in [-0.4, -0.2) is 31.6 Å². The molecule has 0 saturated heterocycles. The summed E-state index contributed by atoms with van der Waals surface area (Å²) in [6, 6.07) is 12.6. The molecule has 1 N–H and O–H groups in total. The van der Waals surface area contributed by atoms with E-state index in [-0.39, 0.29) is 5.75 Å². The summed E-state index contributed by atoms with van der Waals surface area (Å²) in [5.74, 6) is 2.48. The van der Waals surface area contributed by atoms with Crippen molar-refractivity contribution in [2.75, 3.05) is 21.3 Å². The molecule has 0 aliphatic heterocycles. The van der Waals surface area contributed by atoms with Crippen LogP contribution in [0, 0.1) is 0 Å². The molecule has 0 saturated carbocycles. The third kappa shape index (κ3) is 4.54. The average Bonchev–Trinajstić information content (AvgIpc) is 3.19. The highest BCUT2D eigenvalue weighted by Crippen LogP contribution is 2.29. The number of benzene rings is 2. The molecule has 144 valence electrons. The smallest absolute Gasteiger partial charge is 0.161 e. The van der Waals surface area contributed by atoms with Crippen molar-refractivity contribution >= 4 is 24.3 Å². The molecular weight excluding hydrogens is 358 g/mol. The lowest BCUT2D eigenvalue weighted by atomic mass is 10.1. The Hall–Kier alpha value is -3.67. The number of aromatic hydroxyl groups is 1. The van der Waals surface area contributed by atoms with Crippen LogP contribution in [0.1, 0.15) is 22.6 Å². The van der Waals surface area contributed by atoms with Crippen molar-refractivity contribution in [2.45, 2.75) is 0 Å². The van der Waals surface area contributed by atoms with E-state index in [0.29, 0.717) is 28.7 Å². The normalized spacial score (nSPS) is 11.2. The summed E-state index contributed by atoms with van der Waals surface area (Å²) in [7, 11) is 4.71. The summed E-state index contributed by atoms with van der Waals surface area (Å²) in [4.78, 5) is 0. The summed E-state index contributed by atoms with van der Waals surface area (Å²) >= 11 is 0. The molecule has 2 aromatic carbocycles. The Balaban J connectivity index is 1.71. The maximum atomic E-state index is 9.64. The summed E-state index contributed by atoms with van der Waals surface area (Å²) in [6.07, 6.45) is 7.42. The van der Waals surface area contributed by atoms with Gasteiger partial charge in [0.05, 0.1) is 21.3 Å². The van der Waals surface area contributed by atoms with Gasteiger partial charge in [0, 0.05) is 6.07 Å². The molecule has 28 heavy (non-hydrogen) atoms. The molecule has 0 fully saturated rings. The van der Waals surface area contributed by atoms with E-state index in [0.717, 1.165) is 11.1 Å². The number of ether oxygens (including phenoxy) is 3. The van der Waals surface area contributed by atoms with Crippen LogP contribution in [0.5, 0.6) is 23.0 Å². The fraction of sp³-hybridized carbons (Fsp3) is 0.136. The molecule has 6 nitrogen and oxygen atoms in total. The Morgan fingerprint density at radius 1 is 0.750 bits per heavy atom. The monoisotopic (exact) mass is 379 g/mol. The zero-order chi connectivity index (χ0) is 19.9. The Morgan fingerprint density at radius 2 is 1.39 bits per heavy atom. The van der Waals surface area contributed by atoms with Gasteiger partial charge in [-0.15, -0.1) is 0 Å². The Labute approximate surface area is 163 Å². The second kappa shape index (κ2) is 8.81. The Morgan fingerprint density at radius 3 is 2.11 bits per heavy atom. The lowest BCUT2D eigenvalue weighted by Crippen LogP contribution is -1.90. The number of hydrogen-bond acceptors (Lipinski definition) is 6. The SMILES string of the molecule is COc1cc(/C=C/c2cc(/C=C/c3ccc(OC)c(OC)c3)on2)ccc1O. The van der Waals surface area contributed by atoms with Crippen LogP contribution in [-0.2, 0) is 0 Å². The van der Waals surface area contributed by atoms with Crippen molar-refractivity contribution in [3.8, 4) is 23.0 Å². The van der Waals surface area contributed by atoms with E-state index in [1.54, 1.807) is 32.4 Å². The molecular formula is C22H21NO5. The van der Waals surface area contributed by atoms with Gasteiger partial charge in [-0.1, -0.05) is 29.4 Å². The minimum atomic E-state index is 0.101. The number of hydrogen-bond donors (Lipinski definition) is 1. The van der Waals surface area contributed by atoms with Crippen molar-refractivity contribution in [3.63, 3.8) is 0 Å². The van der Waals surface area contributed by atoms with Crippen molar-refractivity contribution in [3.05, 3.63) is 65.0 Å². The predicted molar refractivity (Wildman–Crippen MR) is 109 cm³/mol. The van der Waals surface area contributed by atoms with Gasteiger partial charge in [0.25, 0.3) is 0 Å². The number of phenolic OH excluding ortho intramolecular Hbond substituents is 1. The Kier molecular flexibility index (Phi) is 6.01. The topological polar surface area (TPSA) is 74.0 Å². The first kappa shape index (κ1) is 19.1. The van der Waals surface area contributed by atoms with E-state index in [9.17, 15) is 5.11 Å². The molecule has 3 rings (SSSR count). The lowest BCUT2D eigenvalue weighted by molar-refractivity contribution is 0.355. The van der Waals surface area contributed by atoms with Crippen LogP contribution in [0.4, 0.5) is 0 Å². The van der Waals surface area contributed by atoms with Gasteiger partial charge in [0.15, 0.2) is 28.8 Å². The molecule has 0 radical (unpaired) electrons. The van der Waals surface area contributed by atoms with E-state index in [4.69, 9.17) is 18.7 Å². The van der Waals surface area contributed by atoms with E-state index in [2.05, 4.69) is 5.16 Å². The van der Waals surface area contributed by atoms with E-state index < -0.39 is 0 Å². The molecule has 0 spiro atoms. The summed E-state index contributed by atoms with van der Waals surface area (Å²) < 4.78 is 21.0. The molecule has 1 aromatic heterocycles. The first-order valence-electron chi connectivity index (χ1n) is 8.55. The van der Waals surface area contributed by atoms with Crippen LogP contribution in [0.15, 0.2) is 47.0 Å². The van der Waals surface area contributed by atoms with Crippen molar-refractivity contribution < 1.29 is 23.8 Å². The van der Waals surface area contributed by atoms with Gasteiger partial charge >= 0.3 is 0 Å². The highest BCUT2D eigenvalue weighted by molar-refractivity contribution is 5.72. The number of rotatable bonds is 7. The highest BCUT2D eigenvalue weighted by atomic mass is 16.5. The first-order chi connectivity index (χ1) is 13.6. The molecule has 0 atom stereocenters. The van der Waals surface area contributed by atoms with Gasteiger partial charge < -0.3 is 23.8 Å². The molecule has 0 aliphatic carbocycles. The van der Waals surface area contributed by atoms with Gasteiger partial charge in [-0.25, -0.2) is 0 Å². The number of nitrogens with zero attached hydrogens (tertiary/aromatic N) is 1. The van der Waals surface area contributed by atoms with Crippen LogP contribution in [0.25, 0.3) is 24.3 Å². The summed E-state index contributed by atoms with van der Waals surface area (Å²) in [5.41, 5.74) is 2.50. The van der Waals surface area contributed by atoms with E-state index >= 15 is 0 Å². The van der Waals surface area contributed by atoms with Gasteiger partial charge in [0.1, 0.15) is 5.69 Å². The molecule has 0 aliphatic rings. The number of aromatic nitrogens is 1. The Bertz CT molecular complexity index is 1000.